The Morgan fingerprint density at radius 3 is 1.69 bits per heavy atom. The van der Waals surface area contributed by atoms with E-state index in [2.05, 4.69) is 67.0 Å². The van der Waals surface area contributed by atoms with Crippen LogP contribution in [0.3, 0.4) is 0 Å². The van der Waals surface area contributed by atoms with Crippen LogP contribution in [0.25, 0.3) is 33.4 Å². The number of aryl methyl sites for hydroxylation is 7. The number of aromatic amines is 1. The molecule has 6 aliphatic heterocycles. The number of H-pyrrole nitrogens is 1. The Bertz CT molecular complexity index is 4150. The Morgan fingerprint density at radius 1 is 0.583 bits per heavy atom. The van der Waals surface area contributed by atoms with Gasteiger partial charge in [0.05, 0.1) is 43.2 Å². The maximum absolute atomic E-state index is 14.0. The Hall–Kier alpha value is -9.12. The summed E-state index contributed by atoms with van der Waals surface area (Å²) in [5.41, 5.74) is 19.6. The molecule has 512 valence electrons. The fourth-order valence-electron chi connectivity index (χ4n) is 13.6. The number of nitrogens with zero attached hydrogens (tertiary/aromatic N) is 15. The standard InChI is InChI=1S/C22H27ClN6O.C22H24F2N6O.C22H26N6O.3C2H6/c1-14(30)28-8-6-20(25-2)18(13-28)22(24)29-7-4-5-15-9-17(19(23)10-21(15)29)16-11-26-27(3)12-16;1-13(31)29-6-5-19-18(12-29)22(26-28(19)3)30-7-4-14-8-16(15-10-25-27(2)11-15)17(21(23)24)9-20(14)30;1-14-9-21-16(10-18(14)17-11-23-26(3)12-17)5-4-7-28(21)22-19-13-27(15(2)29)8-6-20(19)24-25-22;3*1-2/h9-12,24-25H,4-8,13H2,1-3H3;8-11,21H,4-7,12H2,1-3H3;9-12H,4-8,13H2,1-3H3,(H,24,25);3*1-2H3. The van der Waals surface area contributed by atoms with Gasteiger partial charge in [0, 0.05) is 212 Å². The molecule has 96 heavy (non-hydrogen) atoms. The maximum Gasteiger partial charge on any atom is 0.264 e. The lowest BCUT2D eigenvalue weighted by Gasteiger charge is -2.37. The molecule has 14 rings (SSSR count). The molecule has 0 saturated carbocycles. The maximum atomic E-state index is 14.0. The van der Waals surface area contributed by atoms with Crippen molar-refractivity contribution in [3.8, 4) is 33.4 Å². The first-order chi connectivity index (χ1) is 46.2. The summed E-state index contributed by atoms with van der Waals surface area (Å²) in [7, 11) is 9.39. The summed E-state index contributed by atoms with van der Waals surface area (Å²) in [5, 5.41) is 38.3. The van der Waals surface area contributed by atoms with E-state index in [1.54, 1.807) is 65.4 Å². The van der Waals surface area contributed by atoms with Crippen LogP contribution in [-0.2, 0) is 87.8 Å². The van der Waals surface area contributed by atoms with Crippen molar-refractivity contribution < 1.29 is 23.2 Å². The molecule has 6 aliphatic rings. The Balaban J connectivity index is 0.000000163. The van der Waals surface area contributed by atoms with Crippen LogP contribution in [0.5, 0.6) is 0 Å². The van der Waals surface area contributed by atoms with Crippen molar-refractivity contribution in [2.45, 2.75) is 140 Å². The lowest BCUT2D eigenvalue weighted by atomic mass is 9.93. The van der Waals surface area contributed by atoms with Crippen LogP contribution in [0.15, 0.2) is 84.8 Å². The summed E-state index contributed by atoms with van der Waals surface area (Å²) in [6.45, 7) is 25.0. The molecule has 0 unspecified atom stereocenters. The van der Waals surface area contributed by atoms with Crippen LogP contribution in [0.2, 0.25) is 5.02 Å². The molecule has 3 N–H and O–H groups in total. The van der Waals surface area contributed by atoms with Gasteiger partial charge in [-0.05, 0) is 109 Å². The van der Waals surface area contributed by atoms with E-state index in [4.69, 9.17) is 22.1 Å². The fourth-order valence-corrected chi connectivity index (χ4v) is 13.9. The predicted molar refractivity (Wildman–Crippen MR) is 378 cm³/mol. The van der Waals surface area contributed by atoms with Crippen LogP contribution in [-0.4, -0.2) is 140 Å². The summed E-state index contributed by atoms with van der Waals surface area (Å²) >= 11 is 6.67. The van der Waals surface area contributed by atoms with E-state index >= 15 is 0 Å². The number of halogens is 3. The molecular weight excluding hydrogens is 1240 g/mol. The van der Waals surface area contributed by atoms with Gasteiger partial charge in [-0.2, -0.15) is 25.5 Å². The van der Waals surface area contributed by atoms with Crippen molar-refractivity contribution in [3.05, 3.63) is 140 Å². The summed E-state index contributed by atoms with van der Waals surface area (Å²) in [6, 6.07) is 12.2. The number of hydrogen-bond acceptors (Lipinski definition) is 12. The molecule has 0 atom stereocenters. The van der Waals surface area contributed by atoms with Gasteiger partial charge in [0.25, 0.3) is 6.43 Å². The minimum absolute atomic E-state index is 0.00573. The third kappa shape index (κ3) is 14.8. The zero-order valence-corrected chi connectivity index (χ0v) is 59.3. The normalized spacial score (nSPS) is 15.2. The minimum atomic E-state index is -2.60. The van der Waals surface area contributed by atoms with Gasteiger partial charge in [0.15, 0.2) is 11.6 Å². The van der Waals surface area contributed by atoms with Gasteiger partial charge >= 0.3 is 0 Å². The number of alkyl halides is 2. The van der Waals surface area contributed by atoms with Gasteiger partial charge < -0.3 is 34.7 Å². The number of aromatic nitrogens is 10. The average molecular weight is 1330 g/mol. The zero-order chi connectivity index (χ0) is 69.4. The number of amides is 3. The number of carbonyl (C=O) groups excluding carboxylic acids is 3. The van der Waals surface area contributed by atoms with Crippen LogP contribution in [0.4, 0.5) is 37.5 Å². The molecule has 0 saturated heterocycles. The summed E-state index contributed by atoms with van der Waals surface area (Å²) in [5.74, 6) is 2.37. The Kier molecular flexibility index (Phi) is 23.1. The second-order valence-electron chi connectivity index (χ2n) is 24.2. The SMILES string of the molecule is CC.CC.CC.CC(=O)N1CCc2[nH]nc(N3CCCc4cc(-c5cnn(C)c5)c(C)cc43)c2C1.CC(=O)N1CCc2c(c(N3CCc4cc(-c5cnn(C)c5)c(C(F)F)cc43)nn2C)C1.CNC1=C(C(=N)N2CCCc3cc(-c4cnn(C)c4)c(Cl)cc32)CN(C(C)=O)CC1. The summed E-state index contributed by atoms with van der Waals surface area (Å²) in [4.78, 5) is 47.7. The highest BCUT2D eigenvalue weighted by Crippen LogP contribution is 2.45. The van der Waals surface area contributed by atoms with Crippen molar-refractivity contribution in [3.63, 3.8) is 0 Å². The molecular formula is C72H95ClF2N18O3. The van der Waals surface area contributed by atoms with Crippen LogP contribution < -0.4 is 20.0 Å². The van der Waals surface area contributed by atoms with E-state index in [0.29, 0.717) is 61.3 Å². The van der Waals surface area contributed by atoms with Crippen molar-refractivity contribution in [2.24, 2.45) is 28.2 Å². The molecule has 8 aromatic rings. The topological polar surface area (TPSA) is 206 Å². The number of carbonyl (C=O) groups is 3. The highest BCUT2D eigenvalue weighted by molar-refractivity contribution is 6.34. The highest BCUT2D eigenvalue weighted by atomic mass is 35.5. The van der Waals surface area contributed by atoms with Crippen molar-refractivity contribution in [1.82, 2.24) is 69.3 Å². The van der Waals surface area contributed by atoms with E-state index in [1.165, 1.54) is 27.9 Å². The van der Waals surface area contributed by atoms with E-state index in [9.17, 15) is 23.2 Å². The molecule has 3 amide bonds. The summed E-state index contributed by atoms with van der Waals surface area (Å²) in [6.07, 6.45) is 15.6. The quantitative estimate of drug-likeness (QED) is 0.0960. The molecule has 0 bridgehead atoms. The van der Waals surface area contributed by atoms with Gasteiger partial charge in [-0.15, -0.1) is 0 Å². The number of anilines is 5. The van der Waals surface area contributed by atoms with Crippen LogP contribution in [0, 0.1) is 12.3 Å². The fraction of sp³-hybridized carbons (Fsp3) is 0.458. The number of fused-ring (bicyclic) bond motifs is 5. The highest BCUT2D eigenvalue weighted by Gasteiger charge is 2.35. The van der Waals surface area contributed by atoms with Crippen molar-refractivity contribution >= 4 is 63.9 Å². The van der Waals surface area contributed by atoms with Gasteiger partial charge in [0.2, 0.25) is 17.7 Å². The molecule has 0 aliphatic carbocycles. The lowest BCUT2D eigenvalue weighted by Crippen LogP contribution is -2.44. The molecule has 5 aromatic heterocycles. The predicted octanol–water partition coefficient (Wildman–Crippen LogP) is 12.7. The van der Waals surface area contributed by atoms with E-state index in [1.807, 2.05) is 125 Å². The van der Waals surface area contributed by atoms with Gasteiger partial charge in [0.1, 0.15) is 5.84 Å². The largest absolute Gasteiger partial charge is 0.391 e. The third-order valence-corrected chi connectivity index (χ3v) is 18.8. The van der Waals surface area contributed by atoms with Gasteiger partial charge in [-0.3, -0.25) is 43.6 Å². The zero-order valence-electron chi connectivity index (χ0n) is 58.6. The molecule has 3 aromatic carbocycles. The second-order valence-corrected chi connectivity index (χ2v) is 24.7. The second kappa shape index (κ2) is 31.2. The number of benzene rings is 3. The number of amidine groups is 1. The Morgan fingerprint density at radius 2 is 1.09 bits per heavy atom. The first kappa shape index (κ1) is 71.2. The number of nitrogens with one attached hydrogen (secondary N) is 3. The smallest absolute Gasteiger partial charge is 0.264 e. The summed E-state index contributed by atoms with van der Waals surface area (Å²) < 4.78 is 35.1. The third-order valence-electron chi connectivity index (χ3n) is 18.4. The molecule has 24 heteroatoms. The van der Waals surface area contributed by atoms with Gasteiger partial charge in [-0.1, -0.05) is 53.1 Å². The molecule has 21 nitrogen and oxygen atoms in total. The molecule has 11 heterocycles. The first-order valence-electron chi connectivity index (χ1n) is 33.8. The van der Waals surface area contributed by atoms with Crippen LogP contribution >= 0.6 is 11.6 Å². The van der Waals surface area contributed by atoms with E-state index < -0.39 is 6.43 Å². The van der Waals surface area contributed by atoms with Gasteiger partial charge in [-0.25, -0.2) is 8.78 Å². The average Bonchev–Trinajstić information content (AvgIpc) is 1.18. The monoisotopic (exact) mass is 1330 g/mol. The van der Waals surface area contributed by atoms with Crippen molar-refractivity contribution in [1.29, 1.82) is 5.41 Å². The Labute approximate surface area is 568 Å². The first-order valence-corrected chi connectivity index (χ1v) is 34.2. The van der Waals surface area contributed by atoms with Crippen LogP contribution in [0.1, 0.15) is 138 Å². The van der Waals surface area contributed by atoms with Crippen molar-refractivity contribution in [2.75, 3.05) is 67.6 Å². The van der Waals surface area contributed by atoms with E-state index in [-0.39, 0.29) is 23.3 Å². The van der Waals surface area contributed by atoms with E-state index in [0.717, 1.165) is 150 Å². The molecule has 0 radical (unpaired) electrons. The number of rotatable bonds is 8. The number of hydrogen-bond donors (Lipinski definition) is 3. The molecule has 0 fully saturated rings. The minimum Gasteiger partial charge on any atom is -0.391 e. The molecule has 0 spiro atoms. The lowest BCUT2D eigenvalue weighted by molar-refractivity contribution is -0.130.